The van der Waals surface area contributed by atoms with Gasteiger partial charge in [-0.05, 0) is 99.4 Å². The van der Waals surface area contributed by atoms with Crippen molar-refractivity contribution in [2.45, 2.75) is 0 Å². The molecule has 0 aliphatic heterocycles. The van der Waals surface area contributed by atoms with Crippen molar-refractivity contribution in [1.82, 2.24) is 0 Å². The molecule has 0 saturated carbocycles. The third kappa shape index (κ3) is 3.78. The Kier molecular flexibility index (Phi) is 5.61. The highest BCUT2D eigenvalue weighted by molar-refractivity contribution is 6.39. The molecule has 0 saturated heterocycles. The van der Waals surface area contributed by atoms with Gasteiger partial charge in [-0.15, -0.1) is 0 Å². The van der Waals surface area contributed by atoms with Crippen molar-refractivity contribution in [1.29, 1.82) is 0 Å². The summed E-state index contributed by atoms with van der Waals surface area (Å²) in [6, 6.07) is 62.2. The lowest BCUT2D eigenvalue weighted by Gasteiger charge is -2.18. The van der Waals surface area contributed by atoms with Crippen LogP contribution in [0.1, 0.15) is 0 Å². The maximum atomic E-state index is 2.43. The van der Waals surface area contributed by atoms with Crippen molar-refractivity contribution in [2.75, 3.05) is 0 Å². The molecule has 9 aromatic carbocycles. The lowest BCUT2D eigenvalue weighted by atomic mass is 9.85. The van der Waals surface area contributed by atoms with Gasteiger partial charge in [0.05, 0.1) is 0 Å². The van der Waals surface area contributed by atoms with E-state index in [0.29, 0.717) is 0 Å². The molecule has 0 aromatic heterocycles. The molecule has 0 N–H and O–H groups in total. The molecule has 0 aliphatic carbocycles. The van der Waals surface area contributed by atoms with Crippen molar-refractivity contribution < 1.29 is 0 Å². The quantitative estimate of drug-likeness (QED) is 0.190. The Hall–Kier alpha value is -5.72. The Morgan fingerprint density at radius 2 is 0.636 bits per heavy atom. The molecule has 0 bridgehead atoms. The molecule has 9 rings (SSSR count). The van der Waals surface area contributed by atoms with Crippen LogP contribution in [0.25, 0.3) is 87.2 Å². The molecular formula is C44H28. The van der Waals surface area contributed by atoms with E-state index >= 15 is 0 Å². The second kappa shape index (κ2) is 9.93. The topological polar surface area (TPSA) is 0 Å². The van der Waals surface area contributed by atoms with E-state index in [1.54, 1.807) is 0 Å². The SMILES string of the molecule is c1ccc(-c2ccc(-c3ccccc3)c(-c3ccc4c(c3)c3ccccc3c3c5ccccc5c5ccccc5c43)c2)cc1. The van der Waals surface area contributed by atoms with Gasteiger partial charge in [0.1, 0.15) is 0 Å². The fraction of sp³-hybridized carbons (Fsp3) is 0. The number of benzene rings is 9. The van der Waals surface area contributed by atoms with Crippen LogP contribution in [0.5, 0.6) is 0 Å². The summed E-state index contributed by atoms with van der Waals surface area (Å²) in [4.78, 5) is 0. The summed E-state index contributed by atoms with van der Waals surface area (Å²) in [7, 11) is 0. The summed E-state index contributed by atoms with van der Waals surface area (Å²) in [6.07, 6.45) is 0. The van der Waals surface area contributed by atoms with Crippen LogP contribution in [-0.2, 0) is 0 Å². The zero-order chi connectivity index (χ0) is 29.0. The fourth-order valence-electron chi connectivity index (χ4n) is 7.25. The van der Waals surface area contributed by atoms with E-state index < -0.39 is 0 Å². The van der Waals surface area contributed by atoms with E-state index in [-0.39, 0.29) is 0 Å². The number of rotatable bonds is 3. The van der Waals surface area contributed by atoms with Crippen LogP contribution in [0.2, 0.25) is 0 Å². The number of fused-ring (bicyclic) bond motifs is 11. The minimum Gasteiger partial charge on any atom is -0.0622 e. The molecule has 0 amide bonds. The van der Waals surface area contributed by atoms with Crippen LogP contribution in [0, 0.1) is 0 Å². The van der Waals surface area contributed by atoms with Gasteiger partial charge in [0.15, 0.2) is 0 Å². The van der Waals surface area contributed by atoms with Crippen LogP contribution in [0.4, 0.5) is 0 Å². The molecule has 0 radical (unpaired) electrons. The van der Waals surface area contributed by atoms with Crippen LogP contribution in [0.15, 0.2) is 170 Å². The first-order valence-electron chi connectivity index (χ1n) is 15.3. The summed E-state index contributed by atoms with van der Waals surface area (Å²) in [6.45, 7) is 0. The van der Waals surface area contributed by atoms with Gasteiger partial charge in [0.25, 0.3) is 0 Å². The highest BCUT2D eigenvalue weighted by Crippen LogP contribution is 2.45. The average Bonchev–Trinajstić information content (AvgIpc) is 3.11. The molecule has 0 spiro atoms. The predicted molar refractivity (Wildman–Crippen MR) is 190 cm³/mol. The monoisotopic (exact) mass is 556 g/mol. The van der Waals surface area contributed by atoms with Crippen molar-refractivity contribution in [3.05, 3.63) is 170 Å². The highest BCUT2D eigenvalue weighted by atomic mass is 14.2. The van der Waals surface area contributed by atoms with E-state index in [1.165, 1.54) is 87.2 Å². The molecule has 44 heavy (non-hydrogen) atoms. The van der Waals surface area contributed by atoms with Gasteiger partial charge in [-0.3, -0.25) is 0 Å². The van der Waals surface area contributed by atoms with Gasteiger partial charge in [-0.25, -0.2) is 0 Å². The maximum Gasteiger partial charge on any atom is -0.00139 e. The van der Waals surface area contributed by atoms with Gasteiger partial charge < -0.3 is 0 Å². The standard InChI is InChI=1S/C44H28/c1-3-13-29(14-4-1)31-23-25-33(30-15-5-2-6-16-30)41(27-31)32-24-26-40-42(28-32)36-19-9-12-22-39(36)43-37-20-10-7-17-34(37)35-18-8-11-21-38(35)44(40)43/h1-28H. The molecule has 0 aliphatic rings. The van der Waals surface area contributed by atoms with Crippen LogP contribution in [0.3, 0.4) is 0 Å². The van der Waals surface area contributed by atoms with Gasteiger partial charge in [-0.2, -0.15) is 0 Å². The summed E-state index contributed by atoms with van der Waals surface area (Å²) < 4.78 is 0. The first kappa shape index (κ1) is 24.8. The Balaban J connectivity index is 1.41. The zero-order valence-electron chi connectivity index (χ0n) is 24.2. The largest absolute Gasteiger partial charge is 0.0622 e. The first-order chi connectivity index (χ1) is 21.8. The summed E-state index contributed by atoms with van der Waals surface area (Å²) >= 11 is 0. The molecule has 0 atom stereocenters. The molecule has 0 unspecified atom stereocenters. The average molecular weight is 557 g/mol. The highest BCUT2D eigenvalue weighted by Gasteiger charge is 2.17. The molecule has 0 fully saturated rings. The first-order valence-corrected chi connectivity index (χ1v) is 15.3. The van der Waals surface area contributed by atoms with Crippen LogP contribution < -0.4 is 0 Å². The smallest absolute Gasteiger partial charge is 0.00139 e. The minimum atomic E-state index is 1.22. The van der Waals surface area contributed by atoms with Crippen molar-refractivity contribution in [3.63, 3.8) is 0 Å². The summed E-state index contributed by atoms with van der Waals surface area (Å²) in [5.74, 6) is 0. The van der Waals surface area contributed by atoms with Crippen molar-refractivity contribution in [2.24, 2.45) is 0 Å². The maximum absolute atomic E-state index is 2.43. The molecule has 204 valence electrons. The van der Waals surface area contributed by atoms with E-state index in [2.05, 4.69) is 170 Å². The van der Waals surface area contributed by atoms with Crippen molar-refractivity contribution >= 4 is 53.9 Å². The van der Waals surface area contributed by atoms with Gasteiger partial charge >= 0.3 is 0 Å². The Bertz CT molecular complexity index is 2520. The second-order valence-electron chi connectivity index (χ2n) is 11.6. The summed E-state index contributed by atoms with van der Waals surface area (Å²) in [5.41, 5.74) is 7.38. The third-order valence-electron chi connectivity index (χ3n) is 9.23. The second-order valence-corrected chi connectivity index (χ2v) is 11.6. The molecule has 0 heterocycles. The third-order valence-corrected chi connectivity index (χ3v) is 9.23. The predicted octanol–water partition coefficient (Wildman–Crippen LogP) is 12.5. The van der Waals surface area contributed by atoms with E-state index in [0.717, 1.165) is 0 Å². The van der Waals surface area contributed by atoms with Gasteiger partial charge in [0.2, 0.25) is 0 Å². The van der Waals surface area contributed by atoms with Crippen molar-refractivity contribution in [3.8, 4) is 33.4 Å². The summed E-state index contributed by atoms with van der Waals surface area (Å²) in [5, 5.41) is 13.1. The zero-order valence-corrected chi connectivity index (χ0v) is 24.2. The Morgan fingerprint density at radius 1 is 0.205 bits per heavy atom. The molecule has 9 aromatic rings. The normalized spacial score (nSPS) is 11.6. The Labute approximate surface area is 256 Å². The number of hydrogen-bond donors (Lipinski definition) is 0. The van der Waals surface area contributed by atoms with Crippen LogP contribution >= 0.6 is 0 Å². The Morgan fingerprint density at radius 3 is 1.20 bits per heavy atom. The lowest BCUT2D eigenvalue weighted by Crippen LogP contribution is -1.90. The lowest BCUT2D eigenvalue weighted by molar-refractivity contribution is 1.57. The molecular weight excluding hydrogens is 528 g/mol. The fourth-order valence-corrected chi connectivity index (χ4v) is 7.25. The van der Waals surface area contributed by atoms with E-state index in [1.807, 2.05) is 0 Å². The minimum absolute atomic E-state index is 1.22. The van der Waals surface area contributed by atoms with E-state index in [4.69, 9.17) is 0 Å². The van der Waals surface area contributed by atoms with E-state index in [9.17, 15) is 0 Å². The van der Waals surface area contributed by atoms with Crippen LogP contribution in [-0.4, -0.2) is 0 Å². The molecule has 0 heteroatoms. The van der Waals surface area contributed by atoms with Gasteiger partial charge in [-0.1, -0.05) is 158 Å². The van der Waals surface area contributed by atoms with Gasteiger partial charge in [0, 0.05) is 0 Å². The molecule has 0 nitrogen and oxygen atoms in total. The number of hydrogen-bond acceptors (Lipinski definition) is 0.